The van der Waals surface area contributed by atoms with E-state index in [1.165, 1.54) is 0 Å². The van der Waals surface area contributed by atoms with Crippen LogP contribution in [0.3, 0.4) is 0 Å². The lowest BCUT2D eigenvalue weighted by atomic mass is 9.79. The first-order chi connectivity index (χ1) is 12.7. The van der Waals surface area contributed by atoms with Crippen molar-refractivity contribution < 1.29 is 9.37 Å². The van der Waals surface area contributed by atoms with Crippen molar-refractivity contribution in [1.29, 1.82) is 0 Å². The third-order valence-electron chi connectivity index (χ3n) is 4.96. The Morgan fingerprint density at radius 2 is 1.78 bits per heavy atom. The van der Waals surface area contributed by atoms with E-state index in [0.717, 1.165) is 31.6 Å². The topological polar surface area (TPSA) is 101 Å². The zero-order valence-corrected chi connectivity index (χ0v) is 17.2. The first kappa shape index (κ1) is 19.8. The summed E-state index contributed by atoms with van der Waals surface area (Å²) in [6.07, 6.45) is 2.89. The van der Waals surface area contributed by atoms with Crippen LogP contribution in [-0.4, -0.2) is 64.7 Å². The standard InChI is InChI=1S/C18H31N7O2/c1-17(2)10-12(11-18(3,4)24-17)25(5)16-15(19-8-7-9-26-6)20-13-14(21-16)23-27-22-13/h12,24H,7-11H2,1-6H3,(H,19,20,22). The van der Waals surface area contributed by atoms with E-state index in [1.807, 2.05) is 0 Å². The van der Waals surface area contributed by atoms with Gasteiger partial charge >= 0.3 is 0 Å². The van der Waals surface area contributed by atoms with E-state index in [9.17, 15) is 0 Å². The molecule has 2 aromatic rings. The molecule has 1 fully saturated rings. The molecule has 0 bridgehead atoms. The Morgan fingerprint density at radius 3 is 2.41 bits per heavy atom. The summed E-state index contributed by atoms with van der Waals surface area (Å²) in [7, 11) is 3.78. The minimum atomic E-state index is 0.0414. The van der Waals surface area contributed by atoms with Crippen LogP contribution in [-0.2, 0) is 4.74 Å². The van der Waals surface area contributed by atoms with Gasteiger partial charge in [0.05, 0.1) is 0 Å². The number of rotatable bonds is 7. The van der Waals surface area contributed by atoms with E-state index in [2.05, 4.69) is 70.6 Å². The van der Waals surface area contributed by atoms with Gasteiger partial charge in [0.1, 0.15) is 0 Å². The number of hydrogen-bond acceptors (Lipinski definition) is 9. The van der Waals surface area contributed by atoms with E-state index < -0.39 is 0 Å². The van der Waals surface area contributed by atoms with Gasteiger partial charge in [0.15, 0.2) is 11.6 Å². The molecule has 0 atom stereocenters. The SMILES string of the molecule is COCCCNc1nc2nonc2nc1N(C)C1CC(C)(C)NC(C)(C)C1. The van der Waals surface area contributed by atoms with Gasteiger partial charge in [-0.1, -0.05) is 0 Å². The maximum Gasteiger partial charge on any atom is 0.245 e. The molecular formula is C18H31N7O2. The molecule has 0 unspecified atom stereocenters. The van der Waals surface area contributed by atoms with Crippen LogP contribution < -0.4 is 15.5 Å². The van der Waals surface area contributed by atoms with Gasteiger partial charge in [-0.15, -0.1) is 0 Å². The number of nitrogens with one attached hydrogen (secondary N) is 2. The molecule has 3 heterocycles. The normalized spacial score (nSPS) is 19.3. The van der Waals surface area contributed by atoms with Crippen LogP contribution in [0.1, 0.15) is 47.0 Å². The van der Waals surface area contributed by atoms with Crippen LogP contribution in [0.15, 0.2) is 4.63 Å². The highest BCUT2D eigenvalue weighted by Crippen LogP contribution is 2.34. The fourth-order valence-corrected chi connectivity index (χ4v) is 4.13. The molecule has 27 heavy (non-hydrogen) atoms. The molecule has 0 aliphatic carbocycles. The molecule has 1 saturated heterocycles. The zero-order chi connectivity index (χ0) is 19.7. The molecular weight excluding hydrogens is 346 g/mol. The quantitative estimate of drug-likeness (QED) is 0.703. The van der Waals surface area contributed by atoms with Gasteiger partial charge < -0.3 is 20.3 Å². The summed E-state index contributed by atoms with van der Waals surface area (Å²) in [5.74, 6) is 1.47. The highest BCUT2D eigenvalue weighted by molar-refractivity contribution is 5.74. The van der Waals surface area contributed by atoms with Gasteiger partial charge in [0.2, 0.25) is 11.3 Å². The summed E-state index contributed by atoms with van der Waals surface area (Å²) >= 11 is 0. The molecule has 2 aromatic heterocycles. The summed E-state index contributed by atoms with van der Waals surface area (Å²) in [5.41, 5.74) is 0.915. The minimum absolute atomic E-state index is 0.0414. The number of ether oxygens (including phenoxy) is 1. The largest absolute Gasteiger partial charge is 0.385 e. The van der Waals surface area contributed by atoms with E-state index in [1.54, 1.807) is 7.11 Å². The summed E-state index contributed by atoms with van der Waals surface area (Å²) in [6, 6.07) is 0.322. The molecule has 9 heteroatoms. The Morgan fingerprint density at radius 1 is 1.15 bits per heavy atom. The Hall–Kier alpha value is -2.00. The lowest BCUT2D eigenvalue weighted by Gasteiger charge is -2.49. The Balaban J connectivity index is 1.88. The maximum absolute atomic E-state index is 5.13. The van der Waals surface area contributed by atoms with Gasteiger partial charge in [-0.3, -0.25) is 0 Å². The third-order valence-corrected chi connectivity index (χ3v) is 4.96. The second kappa shape index (κ2) is 7.55. The van der Waals surface area contributed by atoms with E-state index in [0.29, 0.717) is 29.8 Å². The van der Waals surface area contributed by atoms with Gasteiger partial charge in [-0.05, 0) is 57.3 Å². The number of nitrogens with zero attached hydrogens (tertiary/aromatic N) is 5. The molecule has 9 nitrogen and oxygen atoms in total. The first-order valence-corrected chi connectivity index (χ1v) is 9.46. The lowest BCUT2D eigenvalue weighted by Crippen LogP contribution is -2.62. The molecule has 0 radical (unpaired) electrons. The number of anilines is 2. The average Bonchev–Trinajstić information content (AvgIpc) is 3.02. The van der Waals surface area contributed by atoms with Crippen molar-refractivity contribution in [3.8, 4) is 0 Å². The molecule has 0 aromatic carbocycles. The maximum atomic E-state index is 5.13. The van der Waals surface area contributed by atoms with Crippen molar-refractivity contribution in [2.45, 2.75) is 64.1 Å². The Labute approximate surface area is 160 Å². The first-order valence-electron chi connectivity index (χ1n) is 9.46. The van der Waals surface area contributed by atoms with Crippen LogP contribution in [0, 0.1) is 0 Å². The van der Waals surface area contributed by atoms with Crippen LogP contribution in [0.25, 0.3) is 11.3 Å². The number of piperidine rings is 1. The zero-order valence-electron chi connectivity index (χ0n) is 17.2. The summed E-state index contributed by atoms with van der Waals surface area (Å²) in [5, 5.41) is 14.8. The highest BCUT2D eigenvalue weighted by atomic mass is 16.6. The van der Waals surface area contributed by atoms with E-state index in [-0.39, 0.29) is 11.1 Å². The predicted octanol–water partition coefficient (Wildman–Crippen LogP) is 2.21. The molecule has 150 valence electrons. The summed E-state index contributed by atoms with van der Waals surface area (Å²) in [4.78, 5) is 11.5. The van der Waals surface area contributed by atoms with E-state index >= 15 is 0 Å². The molecule has 1 aliphatic rings. The Bertz CT molecular complexity index is 758. The number of hydrogen-bond donors (Lipinski definition) is 2. The van der Waals surface area contributed by atoms with Gasteiger partial charge in [0, 0.05) is 44.4 Å². The molecule has 0 saturated carbocycles. The molecule has 0 spiro atoms. The molecule has 1 aliphatic heterocycles. The molecule has 2 N–H and O–H groups in total. The fraction of sp³-hybridized carbons (Fsp3) is 0.778. The number of aromatic nitrogens is 4. The highest BCUT2D eigenvalue weighted by Gasteiger charge is 2.40. The van der Waals surface area contributed by atoms with Crippen LogP contribution in [0.4, 0.5) is 11.6 Å². The lowest BCUT2D eigenvalue weighted by molar-refractivity contribution is 0.160. The van der Waals surface area contributed by atoms with Crippen LogP contribution in [0.5, 0.6) is 0 Å². The fourth-order valence-electron chi connectivity index (χ4n) is 4.13. The number of fused-ring (bicyclic) bond motifs is 1. The Kier molecular flexibility index (Phi) is 5.53. The smallest absolute Gasteiger partial charge is 0.245 e. The van der Waals surface area contributed by atoms with Crippen molar-refractivity contribution in [2.24, 2.45) is 0 Å². The van der Waals surface area contributed by atoms with Crippen molar-refractivity contribution in [1.82, 2.24) is 25.6 Å². The van der Waals surface area contributed by atoms with Crippen molar-refractivity contribution >= 4 is 22.9 Å². The summed E-state index contributed by atoms with van der Waals surface area (Å²) in [6.45, 7) is 10.4. The van der Waals surface area contributed by atoms with Crippen molar-refractivity contribution in [3.63, 3.8) is 0 Å². The van der Waals surface area contributed by atoms with Gasteiger partial charge in [-0.25, -0.2) is 14.6 Å². The minimum Gasteiger partial charge on any atom is -0.385 e. The third kappa shape index (κ3) is 4.65. The second-order valence-electron chi connectivity index (χ2n) is 8.65. The van der Waals surface area contributed by atoms with Crippen LogP contribution >= 0.6 is 0 Å². The average molecular weight is 377 g/mol. The molecule has 0 amide bonds. The van der Waals surface area contributed by atoms with Gasteiger partial charge in [-0.2, -0.15) is 0 Å². The van der Waals surface area contributed by atoms with Crippen molar-refractivity contribution in [2.75, 3.05) is 37.5 Å². The number of methoxy groups -OCH3 is 1. The van der Waals surface area contributed by atoms with Gasteiger partial charge in [0.25, 0.3) is 0 Å². The molecule has 3 rings (SSSR count). The summed E-state index contributed by atoms with van der Waals surface area (Å²) < 4.78 is 9.93. The second-order valence-corrected chi connectivity index (χ2v) is 8.65. The predicted molar refractivity (Wildman–Crippen MR) is 105 cm³/mol. The van der Waals surface area contributed by atoms with Crippen LogP contribution in [0.2, 0.25) is 0 Å². The monoisotopic (exact) mass is 377 g/mol. The van der Waals surface area contributed by atoms with E-state index in [4.69, 9.17) is 9.37 Å². The van der Waals surface area contributed by atoms with Crippen molar-refractivity contribution in [3.05, 3.63) is 0 Å².